The molecule has 4 N–H and O–H groups in total. The Morgan fingerprint density at radius 2 is 2.54 bits per heavy atom. The molecule has 0 bridgehead atoms. The van der Waals surface area contributed by atoms with E-state index in [9.17, 15) is 4.79 Å². The number of aromatic amines is 2. The summed E-state index contributed by atoms with van der Waals surface area (Å²) < 4.78 is 0.509. The lowest BCUT2D eigenvalue weighted by atomic mass is 10.2. The third kappa shape index (κ3) is 2.67. The highest BCUT2D eigenvalue weighted by Crippen LogP contribution is 1.98. The molecule has 0 aliphatic rings. The van der Waals surface area contributed by atoms with E-state index < -0.39 is 12.0 Å². The van der Waals surface area contributed by atoms with Crippen molar-refractivity contribution in [3.05, 3.63) is 16.7 Å². The van der Waals surface area contributed by atoms with E-state index in [0.717, 1.165) is 5.69 Å². The van der Waals surface area contributed by atoms with Gasteiger partial charge in [0.05, 0.1) is 0 Å². The van der Waals surface area contributed by atoms with Crippen LogP contribution in [-0.2, 0) is 11.2 Å². The summed E-state index contributed by atoms with van der Waals surface area (Å²) in [6, 6.07) is -0.582. The van der Waals surface area contributed by atoms with Crippen LogP contribution in [-0.4, -0.2) is 34.1 Å². The lowest BCUT2D eigenvalue weighted by Gasteiger charge is -2.08. The molecule has 1 aromatic heterocycles. The van der Waals surface area contributed by atoms with Crippen LogP contribution in [0.25, 0.3) is 0 Å². The molecule has 0 fully saturated rings. The molecule has 0 amide bonds. The van der Waals surface area contributed by atoms with Crippen molar-refractivity contribution < 1.29 is 9.90 Å². The first kappa shape index (κ1) is 9.94. The molecule has 0 aromatic carbocycles. The van der Waals surface area contributed by atoms with E-state index in [0.29, 0.717) is 11.2 Å². The van der Waals surface area contributed by atoms with Gasteiger partial charge < -0.3 is 20.4 Å². The smallest absolute Gasteiger partial charge is 0.321 e. The Kier molecular flexibility index (Phi) is 3.21. The number of aliphatic carboxylic acids is 1. The molecule has 0 aliphatic heterocycles. The van der Waals surface area contributed by atoms with Gasteiger partial charge in [0, 0.05) is 18.3 Å². The first-order chi connectivity index (χ1) is 6.13. The van der Waals surface area contributed by atoms with Gasteiger partial charge in [-0.1, -0.05) is 0 Å². The van der Waals surface area contributed by atoms with E-state index in [2.05, 4.69) is 15.3 Å². The van der Waals surface area contributed by atoms with Gasteiger partial charge in [-0.2, -0.15) is 0 Å². The SMILES string of the molecule is CN[C@@H](Cc1c[nH]c(=S)[nH]1)C(=O)O. The summed E-state index contributed by atoms with van der Waals surface area (Å²) in [6.45, 7) is 0. The molecule has 0 spiro atoms. The van der Waals surface area contributed by atoms with Gasteiger partial charge in [-0.25, -0.2) is 0 Å². The second-order valence-corrected chi connectivity index (χ2v) is 3.06. The Labute approximate surface area is 80.2 Å². The summed E-state index contributed by atoms with van der Waals surface area (Å²) >= 11 is 4.81. The Balaban J connectivity index is 2.67. The molecule has 1 rings (SSSR count). The molecule has 6 heteroatoms. The van der Waals surface area contributed by atoms with Gasteiger partial charge in [0.15, 0.2) is 4.77 Å². The van der Waals surface area contributed by atoms with E-state index in [4.69, 9.17) is 17.3 Å². The van der Waals surface area contributed by atoms with Crippen LogP contribution in [0.5, 0.6) is 0 Å². The fraction of sp³-hybridized carbons (Fsp3) is 0.429. The highest BCUT2D eigenvalue weighted by atomic mass is 32.1. The number of rotatable bonds is 4. The molecular weight excluding hydrogens is 190 g/mol. The van der Waals surface area contributed by atoms with Crippen molar-refractivity contribution in [2.24, 2.45) is 0 Å². The van der Waals surface area contributed by atoms with Crippen LogP contribution in [0.4, 0.5) is 0 Å². The summed E-state index contributed by atoms with van der Waals surface area (Å²) in [4.78, 5) is 16.3. The fourth-order valence-corrected chi connectivity index (χ4v) is 1.20. The maximum atomic E-state index is 10.6. The minimum absolute atomic E-state index is 0.388. The first-order valence-electron chi connectivity index (χ1n) is 3.80. The molecular formula is C7H11N3O2S. The number of H-pyrrole nitrogens is 2. The van der Waals surface area contributed by atoms with Crippen molar-refractivity contribution in [3.63, 3.8) is 0 Å². The molecule has 1 atom stereocenters. The van der Waals surface area contributed by atoms with Crippen molar-refractivity contribution in [1.82, 2.24) is 15.3 Å². The van der Waals surface area contributed by atoms with E-state index >= 15 is 0 Å². The van der Waals surface area contributed by atoms with Gasteiger partial charge in [-0.15, -0.1) is 0 Å². The quantitative estimate of drug-likeness (QED) is 0.528. The molecule has 0 radical (unpaired) electrons. The minimum atomic E-state index is -0.872. The Hall–Kier alpha value is -1.14. The van der Waals surface area contributed by atoms with Crippen molar-refractivity contribution in [2.45, 2.75) is 12.5 Å². The van der Waals surface area contributed by atoms with Gasteiger partial charge in [-0.3, -0.25) is 4.79 Å². The summed E-state index contributed by atoms with van der Waals surface area (Å²) in [5.74, 6) is -0.872. The zero-order chi connectivity index (χ0) is 9.84. The number of carbonyl (C=O) groups is 1. The van der Waals surface area contributed by atoms with Crippen LogP contribution in [0.15, 0.2) is 6.20 Å². The topological polar surface area (TPSA) is 80.9 Å². The third-order valence-electron chi connectivity index (χ3n) is 1.72. The third-order valence-corrected chi connectivity index (χ3v) is 1.94. The maximum absolute atomic E-state index is 10.6. The van der Waals surface area contributed by atoms with Gasteiger partial charge in [0.1, 0.15) is 6.04 Å². The van der Waals surface area contributed by atoms with Crippen LogP contribution >= 0.6 is 12.2 Å². The molecule has 0 unspecified atom stereocenters. The highest BCUT2D eigenvalue weighted by Gasteiger charge is 2.15. The van der Waals surface area contributed by atoms with Crippen LogP contribution in [0.1, 0.15) is 5.69 Å². The highest BCUT2D eigenvalue weighted by molar-refractivity contribution is 7.71. The average Bonchev–Trinajstić information content (AvgIpc) is 2.46. The number of aromatic nitrogens is 2. The molecule has 72 valence electrons. The Morgan fingerprint density at radius 1 is 1.85 bits per heavy atom. The number of hydrogen-bond acceptors (Lipinski definition) is 3. The molecule has 5 nitrogen and oxygen atoms in total. The predicted octanol–water partition coefficient (Wildman–Crippen LogP) is 0.287. The lowest BCUT2D eigenvalue weighted by molar-refractivity contribution is -0.139. The Bertz CT molecular complexity index is 344. The second kappa shape index (κ2) is 4.20. The average molecular weight is 201 g/mol. The number of imidazole rings is 1. The molecule has 0 aliphatic carbocycles. The number of nitrogens with one attached hydrogen (secondary N) is 3. The minimum Gasteiger partial charge on any atom is -0.480 e. The van der Waals surface area contributed by atoms with Crippen LogP contribution in [0, 0.1) is 4.77 Å². The van der Waals surface area contributed by atoms with Crippen molar-refractivity contribution >= 4 is 18.2 Å². The number of likely N-dealkylation sites (N-methyl/N-ethyl adjacent to an activating group) is 1. The van der Waals surface area contributed by atoms with E-state index in [1.54, 1.807) is 13.2 Å². The van der Waals surface area contributed by atoms with Gasteiger partial charge in [-0.05, 0) is 19.3 Å². The number of hydrogen-bond donors (Lipinski definition) is 4. The van der Waals surface area contributed by atoms with Gasteiger partial charge >= 0.3 is 5.97 Å². The van der Waals surface area contributed by atoms with E-state index in [-0.39, 0.29) is 0 Å². The van der Waals surface area contributed by atoms with Crippen LogP contribution in [0.3, 0.4) is 0 Å². The summed E-state index contributed by atoms with van der Waals surface area (Å²) in [5, 5.41) is 11.4. The first-order valence-corrected chi connectivity index (χ1v) is 4.21. The zero-order valence-electron chi connectivity index (χ0n) is 7.13. The van der Waals surface area contributed by atoms with E-state index in [1.807, 2.05) is 0 Å². The van der Waals surface area contributed by atoms with Gasteiger partial charge in [0.2, 0.25) is 0 Å². The maximum Gasteiger partial charge on any atom is 0.321 e. The van der Waals surface area contributed by atoms with Crippen molar-refractivity contribution in [3.8, 4) is 0 Å². The van der Waals surface area contributed by atoms with E-state index in [1.165, 1.54) is 0 Å². The standard InChI is InChI=1S/C7H11N3O2S/c1-8-5(6(11)12)2-4-3-9-7(13)10-4/h3,5,8H,2H2,1H3,(H,11,12)(H2,9,10,13)/t5-/m0/s1. The Morgan fingerprint density at radius 3 is 2.92 bits per heavy atom. The summed E-state index contributed by atoms with van der Waals surface area (Å²) in [7, 11) is 1.61. The van der Waals surface area contributed by atoms with Crippen molar-refractivity contribution in [2.75, 3.05) is 7.05 Å². The fourth-order valence-electron chi connectivity index (χ4n) is 1.01. The largest absolute Gasteiger partial charge is 0.480 e. The summed E-state index contributed by atoms with van der Waals surface area (Å²) in [5.41, 5.74) is 0.784. The number of carboxylic acids is 1. The molecule has 13 heavy (non-hydrogen) atoms. The molecule has 1 aromatic rings. The van der Waals surface area contributed by atoms with Gasteiger partial charge in [0.25, 0.3) is 0 Å². The lowest BCUT2D eigenvalue weighted by Crippen LogP contribution is -2.35. The van der Waals surface area contributed by atoms with Crippen molar-refractivity contribution in [1.29, 1.82) is 0 Å². The summed E-state index contributed by atoms with van der Waals surface area (Å²) in [6.07, 6.45) is 2.06. The number of carboxylic acid groups (broad SMARTS) is 1. The molecule has 1 heterocycles. The second-order valence-electron chi connectivity index (χ2n) is 2.65. The molecule has 0 saturated carbocycles. The zero-order valence-corrected chi connectivity index (χ0v) is 7.94. The van der Waals surface area contributed by atoms with Crippen LogP contribution in [0.2, 0.25) is 0 Å². The predicted molar refractivity (Wildman–Crippen MR) is 50.2 cm³/mol. The normalized spacial score (nSPS) is 12.7. The monoisotopic (exact) mass is 201 g/mol. The molecule has 0 saturated heterocycles. The van der Waals surface area contributed by atoms with Crippen LogP contribution < -0.4 is 5.32 Å².